The monoisotopic (exact) mass is 287 g/mol. The van der Waals surface area contributed by atoms with E-state index in [1.165, 1.54) is 11.3 Å². The van der Waals surface area contributed by atoms with Gasteiger partial charge in [-0.2, -0.15) is 5.26 Å². The molecular formula is C15H17N3OS. The van der Waals surface area contributed by atoms with E-state index in [9.17, 15) is 5.26 Å². The van der Waals surface area contributed by atoms with E-state index in [1.807, 2.05) is 17.5 Å². The number of hydrogen-bond acceptors (Lipinski definition) is 5. The van der Waals surface area contributed by atoms with Crippen LogP contribution in [0.5, 0.6) is 0 Å². The minimum absolute atomic E-state index is 0.498. The molecule has 0 aromatic carbocycles. The zero-order valence-electron chi connectivity index (χ0n) is 11.5. The van der Waals surface area contributed by atoms with E-state index < -0.39 is 5.41 Å². The molecule has 0 atom stereocenters. The summed E-state index contributed by atoms with van der Waals surface area (Å²) in [4.78, 5) is 8.85. The van der Waals surface area contributed by atoms with Gasteiger partial charge in [-0.05, 0) is 18.9 Å². The van der Waals surface area contributed by atoms with Gasteiger partial charge in [-0.3, -0.25) is 4.99 Å². The molecule has 2 rings (SSSR count). The van der Waals surface area contributed by atoms with E-state index in [0.29, 0.717) is 26.1 Å². The normalized spacial score (nSPS) is 18.9. The number of nitrogens with zero attached hydrogens (tertiary/aromatic N) is 3. The molecule has 1 aliphatic rings. The SMILES string of the molecule is C=C/C=C\C(=NC)c1csc(C2(C#N)CCOCC2)n1. The van der Waals surface area contributed by atoms with Crippen molar-refractivity contribution in [3.8, 4) is 6.07 Å². The van der Waals surface area contributed by atoms with Gasteiger partial charge in [0.05, 0.1) is 17.5 Å². The van der Waals surface area contributed by atoms with Gasteiger partial charge < -0.3 is 4.74 Å². The second-order valence-electron chi connectivity index (χ2n) is 4.55. The zero-order valence-corrected chi connectivity index (χ0v) is 12.3. The fourth-order valence-electron chi connectivity index (χ4n) is 2.14. The Morgan fingerprint density at radius 2 is 2.35 bits per heavy atom. The maximum atomic E-state index is 9.55. The number of hydrogen-bond donors (Lipinski definition) is 0. The summed E-state index contributed by atoms with van der Waals surface area (Å²) in [5, 5.41) is 12.4. The van der Waals surface area contributed by atoms with Crippen LogP contribution in [-0.2, 0) is 10.2 Å². The van der Waals surface area contributed by atoms with E-state index in [-0.39, 0.29) is 0 Å². The van der Waals surface area contributed by atoms with Crippen molar-refractivity contribution in [2.45, 2.75) is 18.3 Å². The Bertz CT molecular complexity index is 574. The summed E-state index contributed by atoms with van der Waals surface area (Å²) in [5.74, 6) is 0. The third-order valence-corrected chi connectivity index (χ3v) is 4.41. The van der Waals surface area contributed by atoms with Gasteiger partial charge >= 0.3 is 0 Å². The minimum atomic E-state index is -0.498. The van der Waals surface area contributed by atoms with Crippen LogP contribution in [0.15, 0.2) is 35.2 Å². The van der Waals surface area contributed by atoms with Crippen molar-refractivity contribution in [1.29, 1.82) is 5.26 Å². The van der Waals surface area contributed by atoms with E-state index in [0.717, 1.165) is 16.4 Å². The topological polar surface area (TPSA) is 58.3 Å². The van der Waals surface area contributed by atoms with Crippen LogP contribution in [0.2, 0.25) is 0 Å². The third kappa shape index (κ3) is 2.87. The van der Waals surface area contributed by atoms with Crippen LogP contribution in [0, 0.1) is 11.3 Å². The Morgan fingerprint density at radius 1 is 1.60 bits per heavy atom. The van der Waals surface area contributed by atoms with Crippen molar-refractivity contribution < 1.29 is 4.74 Å². The van der Waals surface area contributed by atoms with E-state index in [4.69, 9.17) is 4.74 Å². The van der Waals surface area contributed by atoms with Gasteiger partial charge in [-0.15, -0.1) is 11.3 Å². The number of aromatic nitrogens is 1. The highest BCUT2D eigenvalue weighted by Gasteiger charge is 2.37. The predicted molar refractivity (Wildman–Crippen MR) is 81.3 cm³/mol. The van der Waals surface area contributed by atoms with Crippen molar-refractivity contribution in [2.24, 2.45) is 4.99 Å². The maximum absolute atomic E-state index is 9.55. The number of nitriles is 1. The number of aliphatic imine (C=N–C) groups is 1. The smallest absolute Gasteiger partial charge is 0.114 e. The summed E-state index contributed by atoms with van der Waals surface area (Å²) in [5.41, 5.74) is 1.11. The van der Waals surface area contributed by atoms with Crippen molar-refractivity contribution >= 4 is 17.0 Å². The van der Waals surface area contributed by atoms with Gasteiger partial charge in [-0.25, -0.2) is 4.98 Å². The molecule has 0 N–H and O–H groups in total. The van der Waals surface area contributed by atoms with Crippen molar-refractivity contribution in [3.63, 3.8) is 0 Å². The molecule has 2 heterocycles. The van der Waals surface area contributed by atoms with Crippen LogP contribution >= 0.6 is 11.3 Å². The molecule has 1 fully saturated rings. The fourth-order valence-corrected chi connectivity index (χ4v) is 3.16. The Labute approximate surface area is 123 Å². The lowest BCUT2D eigenvalue weighted by Gasteiger charge is -2.28. The molecule has 0 bridgehead atoms. The summed E-state index contributed by atoms with van der Waals surface area (Å²) in [6.07, 6.45) is 6.81. The molecule has 1 aromatic rings. The molecule has 0 amide bonds. The number of allylic oxidation sites excluding steroid dienone is 3. The van der Waals surface area contributed by atoms with Crippen molar-refractivity contribution in [1.82, 2.24) is 4.98 Å². The standard InChI is InChI=1S/C15H17N3OS/c1-3-4-5-12(17-2)13-10-20-14(18-13)15(11-16)6-8-19-9-7-15/h3-5,10H,1,6-9H2,2H3/b5-4-,17-12?. The summed E-state index contributed by atoms with van der Waals surface area (Å²) in [6.45, 7) is 4.88. The minimum Gasteiger partial charge on any atom is -0.381 e. The first kappa shape index (κ1) is 14.6. The van der Waals surface area contributed by atoms with Gasteiger partial charge in [-0.1, -0.05) is 18.7 Å². The lowest BCUT2D eigenvalue weighted by Crippen LogP contribution is -2.32. The van der Waals surface area contributed by atoms with Gasteiger partial charge in [0.25, 0.3) is 0 Å². The number of ether oxygens (including phenoxy) is 1. The van der Waals surface area contributed by atoms with Crippen molar-refractivity contribution in [3.05, 3.63) is 40.9 Å². The van der Waals surface area contributed by atoms with Crippen LogP contribution in [0.25, 0.3) is 0 Å². The van der Waals surface area contributed by atoms with Crippen LogP contribution in [0.4, 0.5) is 0 Å². The first-order chi connectivity index (χ1) is 9.75. The molecule has 0 unspecified atom stereocenters. The molecule has 20 heavy (non-hydrogen) atoms. The summed E-state index contributed by atoms with van der Waals surface area (Å²) >= 11 is 1.53. The maximum Gasteiger partial charge on any atom is 0.114 e. The second kappa shape index (κ2) is 6.60. The van der Waals surface area contributed by atoms with Gasteiger partial charge in [0, 0.05) is 25.6 Å². The van der Waals surface area contributed by atoms with Gasteiger partial charge in [0.1, 0.15) is 10.4 Å². The highest BCUT2D eigenvalue weighted by molar-refractivity contribution is 7.10. The summed E-state index contributed by atoms with van der Waals surface area (Å²) in [6, 6.07) is 2.44. The molecule has 0 saturated carbocycles. The highest BCUT2D eigenvalue weighted by Crippen LogP contribution is 2.36. The van der Waals surface area contributed by atoms with Crippen LogP contribution in [0.3, 0.4) is 0 Å². The number of rotatable bonds is 4. The zero-order chi connectivity index (χ0) is 14.4. The molecule has 5 heteroatoms. The Kier molecular flexibility index (Phi) is 4.83. The first-order valence-electron chi connectivity index (χ1n) is 6.47. The average molecular weight is 287 g/mol. The molecule has 1 aliphatic heterocycles. The quantitative estimate of drug-likeness (QED) is 0.632. The molecule has 0 aliphatic carbocycles. The van der Waals surface area contributed by atoms with E-state index >= 15 is 0 Å². The van der Waals surface area contributed by atoms with E-state index in [1.54, 1.807) is 13.1 Å². The molecule has 1 aromatic heterocycles. The highest BCUT2D eigenvalue weighted by atomic mass is 32.1. The first-order valence-corrected chi connectivity index (χ1v) is 7.35. The van der Waals surface area contributed by atoms with Gasteiger partial charge in [0.2, 0.25) is 0 Å². The van der Waals surface area contributed by atoms with Crippen molar-refractivity contribution in [2.75, 3.05) is 20.3 Å². The van der Waals surface area contributed by atoms with Crippen LogP contribution in [0.1, 0.15) is 23.5 Å². The van der Waals surface area contributed by atoms with Crippen LogP contribution < -0.4 is 0 Å². The second-order valence-corrected chi connectivity index (χ2v) is 5.41. The Hall–Kier alpha value is -1.77. The van der Waals surface area contributed by atoms with Gasteiger partial charge in [0.15, 0.2) is 0 Å². The lowest BCUT2D eigenvalue weighted by molar-refractivity contribution is 0.0674. The molecule has 0 radical (unpaired) electrons. The predicted octanol–water partition coefficient (Wildman–Crippen LogP) is 2.88. The fraction of sp³-hybridized carbons (Fsp3) is 0.400. The summed E-state index contributed by atoms with van der Waals surface area (Å²) < 4.78 is 5.36. The lowest BCUT2D eigenvalue weighted by atomic mass is 9.82. The van der Waals surface area contributed by atoms with E-state index in [2.05, 4.69) is 22.6 Å². The number of thiazole rings is 1. The molecule has 1 saturated heterocycles. The Morgan fingerprint density at radius 3 is 2.95 bits per heavy atom. The third-order valence-electron chi connectivity index (χ3n) is 3.37. The summed E-state index contributed by atoms with van der Waals surface area (Å²) in [7, 11) is 1.73. The molecule has 4 nitrogen and oxygen atoms in total. The Balaban J connectivity index is 2.30. The molecular weight excluding hydrogens is 270 g/mol. The molecule has 104 valence electrons. The van der Waals surface area contributed by atoms with Crippen LogP contribution in [-0.4, -0.2) is 31.0 Å². The molecule has 0 spiro atoms. The average Bonchev–Trinajstić information content (AvgIpc) is 2.99. The largest absolute Gasteiger partial charge is 0.381 e.